The van der Waals surface area contributed by atoms with E-state index in [-0.39, 0.29) is 0 Å². The minimum atomic E-state index is 0.549. The van der Waals surface area contributed by atoms with Gasteiger partial charge in [0.15, 0.2) is 0 Å². The van der Waals surface area contributed by atoms with Gasteiger partial charge in [0, 0.05) is 10.6 Å². The van der Waals surface area contributed by atoms with Crippen LogP contribution < -0.4 is 5.43 Å². The molecular formula is C17H12Cl2N2O. The van der Waals surface area contributed by atoms with Crippen LogP contribution in [0.1, 0.15) is 5.76 Å². The molecule has 0 atom stereocenters. The molecule has 2 aromatic carbocycles. The van der Waals surface area contributed by atoms with E-state index in [4.69, 9.17) is 27.6 Å². The summed E-state index contributed by atoms with van der Waals surface area (Å²) in [4.78, 5) is 0. The normalized spacial score (nSPS) is 11.0. The standard InChI is InChI=1S/C17H12Cl2N2O/c18-12-6-8-15(16(19)10-12)17-9-7-14(22-17)11-20-21-13-4-2-1-3-5-13/h1-11,21H/b20-11-. The predicted octanol–water partition coefficient (Wildman–Crippen LogP) is 5.70. The van der Waals surface area contributed by atoms with Crippen molar-refractivity contribution in [1.82, 2.24) is 0 Å². The summed E-state index contributed by atoms with van der Waals surface area (Å²) in [5.74, 6) is 1.30. The van der Waals surface area contributed by atoms with Crippen LogP contribution in [0, 0.1) is 0 Å². The lowest BCUT2D eigenvalue weighted by molar-refractivity contribution is 0.575. The van der Waals surface area contributed by atoms with Gasteiger partial charge in [0.05, 0.1) is 16.9 Å². The van der Waals surface area contributed by atoms with Crippen molar-refractivity contribution < 1.29 is 4.42 Å². The lowest BCUT2D eigenvalue weighted by Crippen LogP contribution is -1.88. The number of hydrazone groups is 1. The second kappa shape index (κ2) is 6.69. The zero-order valence-electron chi connectivity index (χ0n) is 11.5. The number of hydrogen-bond acceptors (Lipinski definition) is 3. The number of nitrogens with zero attached hydrogens (tertiary/aromatic N) is 1. The summed E-state index contributed by atoms with van der Waals surface area (Å²) in [5, 5.41) is 5.27. The van der Waals surface area contributed by atoms with E-state index >= 15 is 0 Å². The second-order valence-corrected chi connectivity index (χ2v) is 5.41. The first-order valence-electron chi connectivity index (χ1n) is 6.62. The molecule has 110 valence electrons. The quantitative estimate of drug-likeness (QED) is 0.492. The molecule has 1 heterocycles. The van der Waals surface area contributed by atoms with Crippen LogP contribution in [0.3, 0.4) is 0 Å². The van der Waals surface area contributed by atoms with E-state index in [0.29, 0.717) is 21.6 Å². The van der Waals surface area contributed by atoms with E-state index in [9.17, 15) is 0 Å². The molecule has 0 spiro atoms. The first-order chi connectivity index (χ1) is 10.7. The zero-order valence-corrected chi connectivity index (χ0v) is 13.0. The number of rotatable bonds is 4. The molecule has 0 aliphatic carbocycles. The Balaban J connectivity index is 1.73. The second-order valence-electron chi connectivity index (χ2n) is 4.56. The number of para-hydroxylation sites is 1. The number of benzene rings is 2. The Morgan fingerprint density at radius 2 is 1.77 bits per heavy atom. The van der Waals surface area contributed by atoms with Crippen LogP contribution in [-0.2, 0) is 0 Å². The summed E-state index contributed by atoms with van der Waals surface area (Å²) in [6, 6.07) is 18.6. The van der Waals surface area contributed by atoms with Crippen LogP contribution in [0.2, 0.25) is 10.0 Å². The fourth-order valence-electron chi connectivity index (χ4n) is 1.94. The summed E-state index contributed by atoms with van der Waals surface area (Å²) >= 11 is 12.1. The average molecular weight is 331 g/mol. The van der Waals surface area contributed by atoms with Crippen molar-refractivity contribution in [1.29, 1.82) is 0 Å². The van der Waals surface area contributed by atoms with Gasteiger partial charge in [-0.1, -0.05) is 41.4 Å². The van der Waals surface area contributed by atoms with E-state index in [1.54, 1.807) is 18.3 Å². The van der Waals surface area contributed by atoms with Crippen LogP contribution in [0.5, 0.6) is 0 Å². The van der Waals surface area contributed by atoms with Crippen LogP contribution in [0.4, 0.5) is 5.69 Å². The van der Waals surface area contributed by atoms with Gasteiger partial charge in [-0.05, 0) is 42.5 Å². The molecule has 0 saturated carbocycles. The van der Waals surface area contributed by atoms with Crippen LogP contribution in [0.25, 0.3) is 11.3 Å². The molecule has 0 fully saturated rings. The highest BCUT2D eigenvalue weighted by molar-refractivity contribution is 6.36. The lowest BCUT2D eigenvalue weighted by atomic mass is 10.2. The van der Waals surface area contributed by atoms with Gasteiger partial charge in [-0.25, -0.2) is 0 Å². The Bertz CT molecular complexity index is 797. The van der Waals surface area contributed by atoms with Crippen molar-refractivity contribution in [3.63, 3.8) is 0 Å². The van der Waals surface area contributed by atoms with Crippen LogP contribution in [0.15, 0.2) is 70.2 Å². The molecule has 1 aromatic heterocycles. The van der Waals surface area contributed by atoms with Gasteiger partial charge in [0.2, 0.25) is 0 Å². The molecule has 0 radical (unpaired) electrons. The first kappa shape index (κ1) is 14.7. The first-order valence-corrected chi connectivity index (χ1v) is 7.37. The van der Waals surface area contributed by atoms with E-state index in [2.05, 4.69) is 10.5 Å². The largest absolute Gasteiger partial charge is 0.455 e. The van der Waals surface area contributed by atoms with Crippen molar-refractivity contribution >= 4 is 35.1 Å². The molecule has 22 heavy (non-hydrogen) atoms. The highest BCUT2D eigenvalue weighted by Gasteiger charge is 2.08. The maximum atomic E-state index is 6.17. The zero-order chi connectivity index (χ0) is 15.4. The molecule has 1 N–H and O–H groups in total. The smallest absolute Gasteiger partial charge is 0.147 e. The fourth-order valence-corrected chi connectivity index (χ4v) is 2.44. The molecule has 5 heteroatoms. The topological polar surface area (TPSA) is 37.5 Å². The third-order valence-electron chi connectivity index (χ3n) is 2.98. The SMILES string of the molecule is Clc1ccc(-c2ccc(/C=N\Nc3ccccc3)o2)c(Cl)c1. The lowest BCUT2D eigenvalue weighted by Gasteiger charge is -2.00. The maximum Gasteiger partial charge on any atom is 0.147 e. The summed E-state index contributed by atoms with van der Waals surface area (Å²) in [5.41, 5.74) is 4.63. The molecule has 0 aliphatic rings. The molecule has 0 aliphatic heterocycles. The Hall–Kier alpha value is -2.23. The Labute approximate surface area is 138 Å². The number of anilines is 1. The maximum absolute atomic E-state index is 6.17. The van der Waals surface area contributed by atoms with Gasteiger partial charge in [-0.3, -0.25) is 5.43 Å². The van der Waals surface area contributed by atoms with E-state index in [1.165, 1.54) is 0 Å². The summed E-state index contributed by atoms with van der Waals surface area (Å²) < 4.78 is 5.71. The molecule has 0 amide bonds. The van der Waals surface area contributed by atoms with Crippen molar-refractivity contribution in [2.24, 2.45) is 5.10 Å². The number of nitrogens with one attached hydrogen (secondary N) is 1. The van der Waals surface area contributed by atoms with Gasteiger partial charge in [-0.15, -0.1) is 0 Å². The highest BCUT2D eigenvalue weighted by atomic mass is 35.5. The average Bonchev–Trinajstić information content (AvgIpc) is 2.97. The van der Waals surface area contributed by atoms with E-state index < -0.39 is 0 Å². The van der Waals surface area contributed by atoms with Crippen molar-refractivity contribution in [3.05, 3.63) is 76.5 Å². The molecule has 0 unspecified atom stereocenters. The number of furan rings is 1. The highest BCUT2D eigenvalue weighted by Crippen LogP contribution is 2.31. The summed E-state index contributed by atoms with van der Waals surface area (Å²) in [6.07, 6.45) is 1.61. The number of hydrogen-bond donors (Lipinski definition) is 1. The monoisotopic (exact) mass is 330 g/mol. The molecule has 3 aromatic rings. The molecular weight excluding hydrogens is 319 g/mol. The third-order valence-corrected chi connectivity index (χ3v) is 3.53. The van der Waals surface area contributed by atoms with Crippen molar-refractivity contribution in [2.45, 2.75) is 0 Å². The Morgan fingerprint density at radius 3 is 2.55 bits per heavy atom. The van der Waals surface area contributed by atoms with Gasteiger partial charge in [-0.2, -0.15) is 5.10 Å². The minimum Gasteiger partial charge on any atom is -0.455 e. The van der Waals surface area contributed by atoms with Gasteiger partial charge in [0.1, 0.15) is 11.5 Å². The molecule has 3 nitrogen and oxygen atoms in total. The minimum absolute atomic E-state index is 0.549. The van der Waals surface area contributed by atoms with Crippen LogP contribution in [-0.4, -0.2) is 6.21 Å². The Morgan fingerprint density at radius 1 is 0.955 bits per heavy atom. The number of halogens is 2. The molecule has 3 rings (SSSR count). The molecule has 0 saturated heterocycles. The molecule has 0 bridgehead atoms. The van der Waals surface area contributed by atoms with Gasteiger partial charge >= 0.3 is 0 Å². The van der Waals surface area contributed by atoms with Crippen LogP contribution >= 0.6 is 23.2 Å². The van der Waals surface area contributed by atoms with E-state index in [1.807, 2.05) is 48.5 Å². The van der Waals surface area contributed by atoms with E-state index in [0.717, 1.165) is 11.3 Å². The summed E-state index contributed by atoms with van der Waals surface area (Å²) in [6.45, 7) is 0. The summed E-state index contributed by atoms with van der Waals surface area (Å²) in [7, 11) is 0. The third kappa shape index (κ3) is 3.50. The van der Waals surface area contributed by atoms with Crippen molar-refractivity contribution in [2.75, 3.05) is 5.43 Å². The predicted molar refractivity (Wildman–Crippen MR) is 91.8 cm³/mol. The Kier molecular flexibility index (Phi) is 4.47. The fraction of sp³-hybridized carbons (Fsp3) is 0. The van der Waals surface area contributed by atoms with Gasteiger partial charge < -0.3 is 4.42 Å². The van der Waals surface area contributed by atoms with Crippen molar-refractivity contribution in [3.8, 4) is 11.3 Å². The van der Waals surface area contributed by atoms with Gasteiger partial charge in [0.25, 0.3) is 0 Å².